The Bertz CT molecular complexity index is 882. The van der Waals surface area contributed by atoms with Crippen LogP contribution in [-0.2, 0) is 5.41 Å². The maximum atomic E-state index is 4.83. The Morgan fingerprint density at radius 2 is 1.50 bits per heavy atom. The maximum absolute atomic E-state index is 4.83. The van der Waals surface area contributed by atoms with Gasteiger partial charge >= 0.3 is 0 Å². The highest BCUT2D eigenvalue weighted by Gasteiger charge is 2.27. The summed E-state index contributed by atoms with van der Waals surface area (Å²) in [5.74, 6) is 0. The lowest BCUT2D eigenvalue weighted by atomic mass is 9.86. The van der Waals surface area contributed by atoms with E-state index in [0.29, 0.717) is 0 Å². The van der Waals surface area contributed by atoms with Gasteiger partial charge in [-0.15, -0.1) is 0 Å². The largest absolute Gasteiger partial charge is 0.256 e. The van der Waals surface area contributed by atoms with Crippen molar-refractivity contribution in [1.29, 1.82) is 0 Å². The topological polar surface area (TPSA) is 12.9 Å². The van der Waals surface area contributed by atoms with Crippen LogP contribution in [0.25, 0.3) is 22.0 Å². The molecular formula is C22H27NSi. The zero-order chi connectivity index (χ0) is 17.5. The number of rotatable bonds is 2. The van der Waals surface area contributed by atoms with Gasteiger partial charge in [0.2, 0.25) is 0 Å². The predicted molar refractivity (Wildman–Crippen MR) is 109 cm³/mol. The first kappa shape index (κ1) is 16.9. The molecule has 0 atom stereocenters. The highest BCUT2D eigenvalue weighted by atomic mass is 28.3. The minimum atomic E-state index is -1.42. The first-order valence-corrected chi connectivity index (χ1v) is 12.2. The Morgan fingerprint density at radius 1 is 0.833 bits per heavy atom. The molecule has 3 rings (SSSR count). The van der Waals surface area contributed by atoms with Crippen molar-refractivity contribution in [2.45, 2.75) is 45.8 Å². The van der Waals surface area contributed by atoms with Gasteiger partial charge in [0, 0.05) is 11.8 Å². The minimum Gasteiger partial charge on any atom is -0.256 e. The van der Waals surface area contributed by atoms with E-state index in [-0.39, 0.29) is 5.41 Å². The van der Waals surface area contributed by atoms with Crippen LogP contribution in [0.3, 0.4) is 0 Å². The lowest BCUT2D eigenvalue weighted by Crippen LogP contribution is -2.43. The second-order valence-corrected chi connectivity index (χ2v) is 13.7. The molecule has 0 saturated heterocycles. The molecule has 0 bridgehead atoms. The van der Waals surface area contributed by atoms with Crippen molar-refractivity contribution in [3.8, 4) is 11.3 Å². The Kier molecular flexibility index (Phi) is 4.12. The summed E-state index contributed by atoms with van der Waals surface area (Å²) in [5.41, 5.74) is 3.85. The monoisotopic (exact) mass is 333 g/mol. The number of hydrogen-bond donors (Lipinski definition) is 0. The molecule has 1 aromatic heterocycles. The predicted octanol–water partition coefficient (Wildman–Crippen LogP) is 5.74. The standard InChI is InChI=1S/C22H27NSi/c1-22(2,3)19-14-20(23-15-21(19)24(4,5)6)18-12-11-16-9-7-8-10-17(16)13-18/h7-15H,1-6H3. The van der Waals surface area contributed by atoms with Crippen molar-refractivity contribution in [3.63, 3.8) is 0 Å². The third-order valence-electron chi connectivity index (χ3n) is 4.57. The van der Waals surface area contributed by atoms with Crippen molar-refractivity contribution < 1.29 is 0 Å². The number of fused-ring (bicyclic) bond motifs is 1. The Morgan fingerprint density at radius 3 is 2.12 bits per heavy atom. The fraction of sp³-hybridized carbons (Fsp3) is 0.318. The number of aromatic nitrogens is 1. The summed E-state index contributed by atoms with van der Waals surface area (Å²) in [6, 6.07) is 17.4. The summed E-state index contributed by atoms with van der Waals surface area (Å²) in [6.45, 7) is 14.1. The van der Waals surface area contributed by atoms with Gasteiger partial charge in [0.25, 0.3) is 0 Å². The third kappa shape index (κ3) is 3.29. The second kappa shape index (κ2) is 5.85. The lowest BCUT2D eigenvalue weighted by molar-refractivity contribution is 0.593. The van der Waals surface area contributed by atoms with Crippen molar-refractivity contribution >= 4 is 24.0 Å². The van der Waals surface area contributed by atoms with E-state index in [1.54, 1.807) is 0 Å². The van der Waals surface area contributed by atoms with Gasteiger partial charge in [0.15, 0.2) is 0 Å². The smallest absolute Gasteiger partial charge is 0.0800 e. The van der Waals surface area contributed by atoms with Crippen LogP contribution in [0.2, 0.25) is 19.6 Å². The average molecular weight is 334 g/mol. The zero-order valence-corrected chi connectivity index (χ0v) is 16.6. The number of benzene rings is 2. The van der Waals surface area contributed by atoms with E-state index in [9.17, 15) is 0 Å². The summed E-state index contributed by atoms with van der Waals surface area (Å²) < 4.78 is 0. The van der Waals surface area contributed by atoms with Gasteiger partial charge < -0.3 is 0 Å². The summed E-state index contributed by atoms with van der Waals surface area (Å²) in [5, 5.41) is 4.01. The molecule has 2 aromatic carbocycles. The van der Waals surface area contributed by atoms with Gasteiger partial charge in [-0.05, 0) is 39.1 Å². The summed E-state index contributed by atoms with van der Waals surface area (Å²) in [7, 11) is -1.42. The Labute approximate surface area is 146 Å². The first-order chi connectivity index (χ1) is 11.2. The van der Waals surface area contributed by atoms with E-state index >= 15 is 0 Å². The molecule has 1 nitrogen and oxygen atoms in total. The number of hydrogen-bond acceptors (Lipinski definition) is 1. The molecule has 24 heavy (non-hydrogen) atoms. The van der Waals surface area contributed by atoms with Crippen LogP contribution in [0.5, 0.6) is 0 Å². The average Bonchev–Trinajstić information content (AvgIpc) is 2.52. The molecule has 1 heterocycles. The molecule has 0 aliphatic rings. The molecule has 0 saturated carbocycles. The molecule has 124 valence electrons. The highest BCUT2D eigenvalue weighted by Crippen LogP contribution is 2.28. The minimum absolute atomic E-state index is 0.129. The molecule has 0 fully saturated rings. The van der Waals surface area contributed by atoms with Gasteiger partial charge in [-0.2, -0.15) is 0 Å². The lowest BCUT2D eigenvalue weighted by Gasteiger charge is -2.29. The number of pyridine rings is 1. The molecule has 0 spiro atoms. The van der Waals surface area contributed by atoms with Crippen LogP contribution in [0.1, 0.15) is 26.3 Å². The normalized spacial score (nSPS) is 12.6. The van der Waals surface area contributed by atoms with Gasteiger partial charge in [0.05, 0.1) is 13.8 Å². The fourth-order valence-electron chi connectivity index (χ4n) is 3.18. The molecule has 0 aliphatic carbocycles. The molecule has 3 aromatic rings. The Hall–Kier alpha value is -1.93. The number of nitrogens with zero attached hydrogens (tertiary/aromatic N) is 1. The fourth-order valence-corrected chi connectivity index (χ4v) is 4.89. The van der Waals surface area contributed by atoms with Crippen LogP contribution >= 0.6 is 0 Å². The van der Waals surface area contributed by atoms with Gasteiger partial charge in [-0.3, -0.25) is 4.98 Å². The summed E-state index contributed by atoms with van der Waals surface area (Å²) in [6.07, 6.45) is 2.14. The molecule has 0 amide bonds. The zero-order valence-electron chi connectivity index (χ0n) is 15.6. The molecular weight excluding hydrogens is 306 g/mol. The van der Waals surface area contributed by atoms with Crippen LogP contribution in [-0.4, -0.2) is 13.1 Å². The highest BCUT2D eigenvalue weighted by molar-refractivity contribution is 6.89. The van der Waals surface area contributed by atoms with E-state index in [1.807, 2.05) is 0 Å². The van der Waals surface area contributed by atoms with Gasteiger partial charge in [0.1, 0.15) is 0 Å². The van der Waals surface area contributed by atoms with E-state index in [0.717, 1.165) is 5.69 Å². The van der Waals surface area contributed by atoms with Gasteiger partial charge in [-0.25, -0.2) is 0 Å². The van der Waals surface area contributed by atoms with E-state index in [1.165, 1.54) is 27.1 Å². The van der Waals surface area contributed by atoms with E-state index < -0.39 is 8.07 Å². The van der Waals surface area contributed by atoms with E-state index in [2.05, 4.69) is 95.1 Å². The Balaban J connectivity index is 2.17. The molecule has 0 aliphatic heterocycles. The summed E-state index contributed by atoms with van der Waals surface area (Å²) in [4.78, 5) is 4.83. The molecule has 2 heteroatoms. The maximum Gasteiger partial charge on any atom is 0.0800 e. The van der Waals surface area contributed by atoms with Crippen LogP contribution in [0.4, 0.5) is 0 Å². The SMILES string of the molecule is CC(C)(C)c1cc(-c2ccc3ccccc3c2)ncc1[Si](C)(C)C. The van der Waals surface area contributed by atoms with E-state index in [4.69, 9.17) is 4.98 Å². The van der Waals surface area contributed by atoms with Gasteiger partial charge in [-0.1, -0.05) is 76.8 Å². The molecule has 0 N–H and O–H groups in total. The van der Waals surface area contributed by atoms with Crippen molar-refractivity contribution in [3.05, 3.63) is 60.3 Å². The quantitative estimate of drug-likeness (QED) is 0.545. The van der Waals surface area contributed by atoms with Crippen LogP contribution < -0.4 is 5.19 Å². The van der Waals surface area contributed by atoms with Crippen molar-refractivity contribution in [2.75, 3.05) is 0 Å². The second-order valence-electron chi connectivity index (χ2n) is 8.68. The first-order valence-electron chi connectivity index (χ1n) is 8.66. The van der Waals surface area contributed by atoms with Crippen molar-refractivity contribution in [1.82, 2.24) is 4.98 Å². The van der Waals surface area contributed by atoms with Crippen molar-refractivity contribution in [2.24, 2.45) is 0 Å². The third-order valence-corrected chi connectivity index (χ3v) is 6.58. The molecule has 0 unspecified atom stereocenters. The summed E-state index contributed by atoms with van der Waals surface area (Å²) >= 11 is 0. The molecule has 0 radical (unpaired) electrons. The van der Waals surface area contributed by atoms with Crippen LogP contribution in [0.15, 0.2) is 54.7 Å². The van der Waals surface area contributed by atoms with Crippen LogP contribution in [0, 0.1) is 0 Å².